The molecule has 1 aliphatic rings. The van der Waals surface area contributed by atoms with Crippen LogP contribution >= 0.6 is 0 Å². The molecule has 98 valence electrons. The number of carbonyl (C=O) groups excluding carboxylic acids is 1. The summed E-state index contributed by atoms with van der Waals surface area (Å²) in [6, 6.07) is 2.94. The summed E-state index contributed by atoms with van der Waals surface area (Å²) in [7, 11) is 0. The summed E-state index contributed by atoms with van der Waals surface area (Å²) in [5, 5.41) is 10.0. The van der Waals surface area contributed by atoms with Gasteiger partial charge in [0.25, 0.3) is 0 Å². The van der Waals surface area contributed by atoms with Crippen molar-refractivity contribution in [3.8, 4) is 5.75 Å². The second-order valence-electron chi connectivity index (χ2n) is 4.81. The standard InChI is InChI=1S/C14H18FNO2/c1-3-16(12-4-5-12)8-10-6-11(15)7-13(9(2)17)14(10)18/h6-7,12,18H,3-5,8H2,1-2H3. The van der Waals surface area contributed by atoms with E-state index in [1.165, 1.54) is 13.0 Å². The van der Waals surface area contributed by atoms with E-state index >= 15 is 0 Å². The summed E-state index contributed by atoms with van der Waals surface area (Å²) < 4.78 is 13.5. The van der Waals surface area contributed by atoms with E-state index in [9.17, 15) is 14.3 Å². The first-order valence-electron chi connectivity index (χ1n) is 6.29. The number of carbonyl (C=O) groups is 1. The molecule has 18 heavy (non-hydrogen) atoms. The summed E-state index contributed by atoms with van der Waals surface area (Å²) in [6.07, 6.45) is 2.31. The molecule has 0 heterocycles. The second kappa shape index (κ2) is 5.06. The second-order valence-corrected chi connectivity index (χ2v) is 4.81. The minimum atomic E-state index is -0.472. The molecule has 0 radical (unpaired) electrons. The van der Waals surface area contributed by atoms with Crippen LogP contribution in [0.3, 0.4) is 0 Å². The van der Waals surface area contributed by atoms with Crippen molar-refractivity contribution in [1.82, 2.24) is 4.90 Å². The zero-order chi connectivity index (χ0) is 13.3. The highest BCUT2D eigenvalue weighted by atomic mass is 19.1. The van der Waals surface area contributed by atoms with E-state index in [0.29, 0.717) is 18.2 Å². The molecular formula is C14H18FNO2. The molecule has 0 unspecified atom stereocenters. The lowest BCUT2D eigenvalue weighted by Crippen LogP contribution is -2.25. The average Bonchev–Trinajstić information content (AvgIpc) is 3.13. The number of phenolic OH excluding ortho intramolecular Hbond substituents is 1. The van der Waals surface area contributed by atoms with E-state index in [2.05, 4.69) is 4.90 Å². The molecule has 1 aromatic rings. The van der Waals surface area contributed by atoms with E-state index in [-0.39, 0.29) is 17.1 Å². The van der Waals surface area contributed by atoms with Crippen molar-refractivity contribution in [1.29, 1.82) is 0 Å². The van der Waals surface area contributed by atoms with Gasteiger partial charge < -0.3 is 5.11 Å². The number of hydrogen-bond acceptors (Lipinski definition) is 3. The molecule has 0 bridgehead atoms. The van der Waals surface area contributed by atoms with Gasteiger partial charge in [0.05, 0.1) is 5.56 Å². The maximum atomic E-state index is 13.5. The average molecular weight is 251 g/mol. The third kappa shape index (κ3) is 2.70. The highest BCUT2D eigenvalue weighted by Crippen LogP contribution is 2.31. The van der Waals surface area contributed by atoms with Crippen LogP contribution in [0.2, 0.25) is 0 Å². The molecule has 0 amide bonds. The van der Waals surface area contributed by atoms with Gasteiger partial charge in [0.2, 0.25) is 0 Å². The minimum Gasteiger partial charge on any atom is -0.507 e. The lowest BCUT2D eigenvalue weighted by molar-refractivity contribution is 0.101. The fourth-order valence-electron chi connectivity index (χ4n) is 2.20. The van der Waals surface area contributed by atoms with Crippen LogP contribution < -0.4 is 0 Å². The quantitative estimate of drug-likeness (QED) is 0.818. The molecular weight excluding hydrogens is 233 g/mol. The summed E-state index contributed by atoms with van der Waals surface area (Å²) in [4.78, 5) is 13.5. The van der Waals surface area contributed by atoms with Gasteiger partial charge in [-0.15, -0.1) is 0 Å². The van der Waals surface area contributed by atoms with Crippen LogP contribution in [0.1, 0.15) is 42.6 Å². The van der Waals surface area contributed by atoms with Gasteiger partial charge in [0.1, 0.15) is 11.6 Å². The van der Waals surface area contributed by atoms with Crippen LogP contribution in [0.5, 0.6) is 5.75 Å². The van der Waals surface area contributed by atoms with Gasteiger partial charge in [-0.2, -0.15) is 0 Å². The molecule has 3 nitrogen and oxygen atoms in total. The van der Waals surface area contributed by atoms with Crippen LogP contribution in [0.4, 0.5) is 4.39 Å². The van der Waals surface area contributed by atoms with E-state index in [0.717, 1.165) is 25.5 Å². The third-order valence-corrected chi connectivity index (χ3v) is 3.38. The first kappa shape index (κ1) is 13.0. The summed E-state index contributed by atoms with van der Waals surface area (Å²) in [5.41, 5.74) is 0.561. The van der Waals surface area contributed by atoms with E-state index in [1.54, 1.807) is 0 Å². The largest absolute Gasteiger partial charge is 0.507 e. The molecule has 1 saturated carbocycles. The van der Waals surface area contributed by atoms with Crippen LogP contribution in [-0.4, -0.2) is 28.4 Å². The Morgan fingerprint density at radius 1 is 1.50 bits per heavy atom. The van der Waals surface area contributed by atoms with E-state index in [1.807, 2.05) is 6.92 Å². The molecule has 1 N–H and O–H groups in total. The molecule has 0 spiro atoms. The number of ketones is 1. The van der Waals surface area contributed by atoms with E-state index < -0.39 is 5.82 Å². The van der Waals surface area contributed by atoms with Gasteiger partial charge in [0.15, 0.2) is 5.78 Å². The summed E-state index contributed by atoms with van der Waals surface area (Å²) in [5.74, 6) is -0.870. The van der Waals surface area contributed by atoms with Crippen molar-refractivity contribution < 1.29 is 14.3 Å². The Morgan fingerprint density at radius 3 is 2.67 bits per heavy atom. The van der Waals surface area contributed by atoms with Crippen molar-refractivity contribution >= 4 is 5.78 Å². The predicted octanol–water partition coefficient (Wildman–Crippen LogP) is 2.72. The number of halogens is 1. The molecule has 1 fully saturated rings. The number of hydrogen-bond donors (Lipinski definition) is 1. The number of phenols is 1. The molecule has 1 aliphatic carbocycles. The first-order chi connectivity index (χ1) is 8.52. The van der Waals surface area contributed by atoms with Crippen LogP contribution in [-0.2, 0) is 6.54 Å². The third-order valence-electron chi connectivity index (χ3n) is 3.38. The SMILES string of the molecule is CCN(Cc1cc(F)cc(C(C)=O)c1O)C1CC1. The highest BCUT2D eigenvalue weighted by Gasteiger charge is 2.28. The Hall–Kier alpha value is -1.42. The molecule has 2 rings (SSSR count). The lowest BCUT2D eigenvalue weighted by atomic mass is 10.0. The van der Waals surface area contributed by atoms with Gasteiger partial charge >= 0.3 is 0 Å². The Labute approximate surface area is 106 Å². The molecule has 0 aliphatic heterocycles. The Kier molecular flexibility index (Phi) is 3.66. The fourth-order valence-corrected chi connectivity index (χ4v) is 2.20. The van der Waals surface area contributed by atoms with Gasteiger partial charge in [0, 0.05) is 18.2 Å². The number of Topliss-reactive ketones (excluding diaryl/α,β-unsaturated/α-hetero) is 1. The lowest BCUT2D eigenvalue weighted by Gasteiger charge is -2.21. The number of benzene rings is 1. The number of aromatic hydroxyl groups is 1. The molecule has 1 aromatic carbocycles. The topological polar surface area (TPSA) is 40.5 Å². The van der Waals surface area contributed by atoms with Crippen molar-refractivity contribution in [3.63, 3.8) is 0 Å². The fraction of sp³-hybridized carbons (Fsp3) is 0.500. The Morgan fingerprint density at radius 2 is 2.17 bits per heavy atom. The molecule has 0 aromatic heterocycles. The molecule has 0 saturated heterocycles. The summed E-state index contributed by atoms with van der Waals surface area (Å²) in [6.45, 7) is 4.72. The van der Waals surface area contributed by atoms with Gasteiger partial charge in [-0.25, -0.2) is 4.39 Å². The van der Waals surface area contributed by atoms with Gasteiger partial charge in [-0.1, -0.05) is 6.92 Å². The molecule has 0 atom stereocenters. The van der Waals surface area contributed by atoms with Crippen molar-refractivity contribution in [3.05, 3.63) is 29.1 Å². The smallest absolute Gasteiger partial charge is 0.163 e. The normalized spacial score (nSPS) is 15.1. The molecule has 4 heteroatoms. The summed E-state index contributed by atoms with van der Waals surface area (Å²) >= 11 is 0. The predicted molar refractivity (Wildman–Crippen MR) is 67.2 cm³/mol. The van der Waals surface area contributed by atoms with Crippen LogP contribution in [0, 0.1) is 5.82 Å². The number of rotatable bonds is 5. The van der Waals surface area contributed by atoms with Gasteiger partial charge in [-0.05, 0) is 38.4 Å². The number of nitrogens with zero attached hydrogens (tertiary/aromatic N) is 1. The van der Waals surface area contributed by atoms with Gasteiger partial charge in [-0.3, -0.25) is 9.69 Å². The Balaban J connectivity index is 2.28. The van der Waals surface area contributed by atoms with Crippen molar-refractivity contribution in [2.45, 2.75) is 39.3 Å². The highest BCUT2D eigenvalue weighted by molar-refractivity contribution is 5.97. The van der Waals surface area contributed by atoms with Crippen molar-refractivity contribution in [2.75, 3.05) is 6.54 Å². The van der Waals surface area contributed by atoms with Crippen molar-refractivity contribution in [2.24, 2.45) is 0 Å². The Bertz CT molecular complexity index is 469. The van der Waals surface area contributed by atoms with E-state index in [4.69, 9.17) is 0 Å². The van der Waals surface area contributed by atoms with Crippen LogP contribution in [0.25, 0.3) is 0 Å². The zero-order valence-electron chi connectivity index (χ0n) is 10.7. The maximum absolute atomic E-state index is 13.5. The zero-order valence-corrected chi connectivity index (χ0v) is 10.7. The van der Waals surface area contributed by atoms with Crippen LogP contribution in [0.15, 0.2) is 12.1 Å². The minimum absolute atomic E-state index is 0.0665. The maximum Gasteiger partial charge on any atom is 0.163 e. The monoisotopic (exact) mass is 251 g/mol. The first-order valence-corrected chi connectivity index (χ1v) is 6.29.